The maximum atomic E-state index is 13.4. The van der Waals surface area contributed by atoms with Crippen LogP contribution in [0.3, 0.4) is 0 Å². The molecule has 5 heteroatoms. The number of thiazole rings is 1. The van der Waals surface area contributed by atoms with Crippen LogP contribution in [-0.4, -0.2) is 15.9 Å². The van der Waals surface area contributed by atoms with Crippen molar-refractivity contribution in [3.63, 3.8) is 0 Å². The van der Waals surface area contributed by atoms with Crippen LogP contribution >= 0.6 is 11.3 Å². The third kappa shape index (κ3) is 4.43. The maximum Gasteiger partial charge on any atom is 0.233 e. The number of amides is 1. The highest BCUT2D eigenvalue weighted by atomic mass is 32.1. The Morgan fingerprint density at radius 3 is 2.28 bits per heavy atom. The number of fused-ring (bicyclic) bond motifs is 1. The number of nitrogens with zero attached hydrogens (tertiary/aromatic N) is 3. The third-order valence-electron chi connectivity index (χ3n) is 5.29. The Morgan fingerprint density at radius 2 is 1.53 bits per heavy atom. The Labute approximate surface area is 190 Å². The molecule has 32 heavy (non-hydrogen) atoms. The van der Waals surface area contributed by atoms with E-state index >= 15 is 0 Å². The molecule has 0 aliphatic heterocycles. The fourth-order valence-corrected chi connectivity index (χ4v) is 4.61. The van der Waals surface area contributed by atoms with Gasteiger partial charge in [-0.1, -0.05) is 84.1 Å². The molecule has 3 aromatic carbocycles. The van der Waals surface area contributed by atoms with Gasteiger partial charge in [0.25, 0.3) is 0 Å². The molecular formula is C27H21N3OS. The van der Waals surface area contributed by atoms with E-state index in [2.05, 4.69) is 29.2 Å². The summed E-state index contributed by atoms with van der Waals surface area (Å²) in [5.74, 6) is 0.0142. The predicted molar refractivity (Wildman–Crippen MR) is 131 cm³/mol. The second kappa shape index (κ2) is 9.12. The number of carbonyl (C=O) groups excluding carboxylic acids is 1. The quantitative estimate of drug-likeness (QED) is 0.322. The first kappa shape index (κ1) is 20.1. The van der Waals surface area contributed by atoms with Crippen molar-refractivity contribution in [1.29, 1.82) is 0 Å². The van der Waals surface area contributed by atoms with E-state index in [0.29, 0.717) is 18.1 Å². The lowest BCUT2D eigenvalue weighted by Crippen LogP contribution is -2.31. The summed E-state index contributed by atoms with van der Waals surface area (Å²) >= 11 is 1.54. The molecule has 0 saturated heterocycles. The number of hydrogen-bond donors (Lipinski definition) is 0. The molecule has 0 aliphatic carbocycles. The van der Waals surface area contributed by atoms with Gasteiger partial charge in [0.1, 0.15) is 0 Å². The summed E-state index contributed by atoms with van der Waals surface area (Å²) in [6.45, 7) is 0.439. The molecule has 0 radical (unpaired) electrons. The zero-order valence-corrected chi connectivity index (χ0v) is 18.2. The summed E-state index contributed by atoms with van der Waals surface area (Å²) in [7, 11) is 0. The summed E-state index contributed by atoms with van der Waals surface area (Å²) in [6.07, 6.45) is 3.84. The van der Waals surface area contributed by atoms with Crippen molar-refractivity contribution in [2.24, 2.45) is 0 Å². The van der Waals surface area contributed by atoms with Gasteiger partial charge in [0.15, 0.2) is 5.13 Å². The van der Waals surface area contributed by atoms with Crippen molar-refractivity contribution in [3.05, 3.63) is 115 Å². The first-order valence-electron chi connectivity index (χ1n) is 10.5. The average molecular weight is 436 g/mol. The molecule has 2 aromatic heterocycles. The van der Waals surface area contributed by atoms with Crippen LogP contribution in [0.15, 0.2) is 103 Å². The molecule has 5 aromatic rings. The topological polar surface area (TPSA) is 46.1 Å². The number of hydrogen-bond acceptors (Lipinski definition) is 4. The van der Waals surface area contributed by atoms with Crippen LogP contribution in [0.4, 0.5) is 5.13 Å². The molecule has 156 valence electrons. The number of anilines is 1. The zero-order chi connectivity index (χ0) is 21.8. The summed E-state index contributed by atoms with van der Waals surface area (Å²) in [5.41, 5.74) is 5.16. The molecule has 0 N–H and O–H groups in total. The van der Waals surface area contributed by atoms with Gasteiger partial charge in [0.2, 0.25) is 5.91 Å². The Bertz CT molecular complexity index is 1300. The summed E-state index contributed by atoms with van der Waals surface area (Å²) < 4.78 is 1.07. The molecule has 2 heterocycles. The number of benzene rings is 3. The van der Waals surface area contributed by atoms with Gasteiger partial charge in [-0.25, -0.2) is 4.98 Å². The highest BCUT2D eigenvalue weighted by molar-refractivity contribution is 7.22. The van der Waals surface area contributed by atoms with Gasteiger partial charge in [-0.05, 0) is 40.5 Å². The predicted octanol–water partition coefficient (Wildman–Crippen LogP) is 6.13. The molecule has 0 aliphatic rings. The smallest absolute Gasteiger partial charge is 0.233 e. The van der Waals surface area contributed by atoms with Gasteiger partial charge in [-0.15, -0.1) is 0 Å². The fourth-order valence-electron chi connectivity index (χ4n) is 3.63. The Kier molecular flexibility index (Phi) is 5.73. The Balaban J connectivity index is 1.41. The minimum atomic E-state index is 0.0142. The minimum absolute atomic E-state index is 0.0142. The highest BCUT2D eigenvalue weighted by Gasteiger charge is 2.20. The van der Waals surface area contributed by atoms with E-state index in [1.165, 1.54) is 11.3 Å². The zero-order valence-electron chi connectivity index (χ0n) is 17.4. The van der Waals surface area contributed by atoms with Gasteiger partial charge >= 0.3 is 0 Å². The lowest BCUT2D eigenvalue weighted by molar-refractivity contribution is -0.118. The standard InChI is InChI=1S/C27H21N3OS/c31-26(17-20-12-14-23(15-13-20)22-8-2-1-3-9-22)30(19-21-7-6-16-28-18-21)27-29-24-10-4-5-11-25(24)32-27/h1-16,18H,17,19H2. The number of pyridine rings is 1. The van der Waals surface area contributed by atoms with Crippen molar-refractivity contribution in [1.82, 2.24) is 9.97 Å². The van der Waals surface area contributed by atoms with Gasteiger partial charge in [0, 0.05) is 12.4 Å². The van der Waals surface area contributed by atoms with Gasteiger partial charge in [-0.3, -0.25) is 14.7 Å². The van der Waals surface area contributed by atoms with Crippen LogP contribution in [-0.2, 0) is 17.8 Å². The molecule has 0 unspecified atom stereocenters. The second-order valence-electron chi connectivity index (χ2n) is 7.55. The van der Waals surface area contributed by atoms with Crippen molar-refractivity contribution >= 4 is 32.6 Å². The molecular weight excluding hydrogens is 414 g/mol. The maximum absolute atomic E-state index is 13.4. The van der Waals surface area contributed by atoms with Gasteiger partial charge < -0.3 is 0 Å². The van der Waals surface area contributed by atoms with Gasteiger partial charge in [0.05, 0.1) is 23.2 Å². The number of carbonyl (C=O) groups is 1. The summed E-state index contributed by atoms with van der Waals surface area (Å²) in [5, 5.41) is 0.709. The van der Waals surface area contributed by atoms with Crippen molar-refractivity contribution in [2.75, 3.05) is 4.90 Å². The largest absolute Gasteiger partial charge is 0.283 e. The SMILES string of the molecule is O=C(Cc1ccc(-c2ccccc2)cc1)N(Cc1cccnc1)c1nc2ccccc2s1. The van der Waals surface area contributed by atoms with Crippen LogP contribution < -0.4 is 4.90 Å². The monoisotopic (exact) mass is 435 g/mol. The van der Waals surface area contributed by atoms with Crippen LogP contribution in [0.5, 0.6) is 0 Å². The highest BCUT2D eigenvalue weighted by Crippen LogP contribution is 2.30. The first-order chi connectivity index (χ1) is 15.8. The lowest BCUT2D eigenvalue weighted by Gasteiger charge is -2.20. The summed E-state index contributed by atoms with van der Waals surface area (Å²) in [6, 6.07) is 30.3. The fraction of sp³-hybridized carbons (Fsp3) is 0.0741. The molecule has 0 spiro atoms. The number of para-hydroxylation sites is 1. The van der Waals surface area contributed by atoms with E-state index < -0.39 is 0 Å². The van der Waals surface area contributed by atoms with E-state index in [1.54, 1.807) is 17.3 Å². The first-order valence-corrected chi connectivity index (χ1v) is 11.3. The molecule has 5 rings (SSSR count). The van der Waals surface area contributed by atoms with E-state index in [1.807, 2.05) is 66.7 Å². The van der Waals surface area contributed by atoms with E-state index in [4.69, 9.17) is 4.98 Å². The second-order valence-corrected chi connectivity index (χ2v) is 8.55. The number of rotatable bonds is 6. The normalized spacial score (nSPS) is 10.9. The number of aromatic nitrogens is 2. The van der Waals surface area contributed by atoms with Crippen LogP contribution in [0.25, 0.3) is 21.3 Å². The van der Waals surface area contributed by atoms with Crippen molar-refractivity contribution < 1.29 is 4.79 Å². The van der Waals surface area contributed by atoms with E-state index in [9.17, 15) is 4.79 Å². The van der Waals surface area contributed by atoms with E-state index in [0.717, 1.165) is 32.5 Å². The average Bonchev–Trinajstić information content (AvgIpc) is 3.28. The minimum Gasteiger partial charge on any atom is -0.283 e. The third-order valence-corrected chi connectivity index (χ3v) is 6.35. The van der Waals surface area contributed by atoms with Crippen molar-refractivity contribution in [2.45, 2.75) is 13.0 Å². The summed E-state index contributed by atoms with van der Waals surface area (Å²) in [4.78, 5) is 24.1. The van der Waals surface area contributed by atoms with E-state index in [-0.39, 0.29) is 5.91 Å². The van der Waals surface area contributed by atoms with Crippen LogP contribution in [0.1, 0.15) is 11.1 Å². The molecule has 4 nitrogen and oxygen atoms in total. The van der Waals surface area contributed by atoms with Crippen molar-refractivity contribution in [3.8, 4) is 11.1 Å². The van der Waals surface area contributed by atoms with Gasteiger partial charge in [-0.2, -0.15) is 0 Å². The Hall–Kier alpha value is -3.83. The molecule has 0 fully saturated rings. The lowest BCUT2D eigenvalue weighted by atomic mass is 10.0. The van der Waals surface area contributed by atoms with Crippen LogP contribution in [0.2, 0.25) is 0 Å². The van der Waals surface area contributed by atoms with Crippen LogP contribution in [0, 0.1) is 0 Å². The molecule has 1 amide bonds. The Morgan fingerprint density at radius 1 is 0.781 bits per heavy atom. The molecule has 0 atom stereocenters. The molecule has 0 bridgehead atoms. The molecule has 0 saturated carbocycles.